The molecule has 1 aliphatic rings. The monoisotopic (exact) mass is 806 g/mol. The summed E-state index contributed by atoms with van der Waals surface area (Å²) in [6.07, 6.45) is 2.59. The lowest BCUT2D eigenvalue weighted by atomic mass is 9.90. The number of likely N-dealkylation sites (tertiary alicyclic amines) is 1. The molecule has 1 saturated heterocycles. The fraction of sp³-hybridized carbons (Fsp3) is 0.409. The van der Waals surface area contributed by atoms with Gasteiger partial charge in [-0.2, -0.15) is 5.10 Å². The topological polar surface area (TPSA) is 182 Å². The Hall–Kier alpha value is -5.74. The van der Waals surface area contributed by atoms with Gasteiger partial charge in [-0.15, -0.1) is 0 Å². The number of piperidine rings is 1. The van der Waals surface area contributed by atoms with E-state index in [4.69, 9.17) is 9.47 Å². The van der Waals surface area contributed by atoms with Crippen LogP contribution in [0.2, 0.25) is 0 Å². The molecule has 312 valence electrons. The Morgan fingerprint density at radius 1 is 0.847 bits per heavy atom. The second-order valence-electron chi connectivity index (χ2n) is 15.0. The van der Waals surface area contributed by atoms with Gasteiger partial charge in [0.25, 0.3) is 11.5 Å². The van der Waals surface area contributed by atoms with Crippen LogP contribution in [0.25, 0.3) is 22.3 Å². The number of hydrogen-bond donors (Lipinski definition) is 4. The van der Waals surface area contributed by atoms with Crippen molar-refractivity contribution in [1.82, 2.24) is 40.2 Å². The van der Waals surface area contributed by atoms with Crippen LogP contribution in [-0.4, -0.2) is 112 Å². The van der Waals surface area contributed by atoms with Crippen LogP contribution in [0.1, 0.15) is 53.6 Å². The third-order valence-electron chi connectivity index (χ3n) is 10.5. The molecule has 3 heterocycles. The van der Waals surface area contributed by atoms with Crippen LogP contribution in [0, 0.1) is 0 Å². The molecule has 3 aromatic carbocycles. The SMILES string of the molecule is CC(CC(=O)N1CCC(O)(Cn2cnc3c(-c4ccc(CNCC(=O)NCCOCCOCCNC(=O)c5ccccc5)cc4)n(C)nc3c2=O)CC1)c1ccccc1. The number of rotatable bonds is 20. The fourth-order valence-corrected chi connectivity index (χ4v) is 7.15. The average molecular weight is 807 g/mol. The molecule has 4 N–H and O–H groups in total. The zero-order chi connectivity index (χ0) is 41.6. The van der Waals surface area contributed by atoms with Crippen molar-refractivity contribution in [3.05, 3.63) is 118 Å². The number of benzene rings is 3. The van der Waals surface area contributed by atoms with Crippen LogP contribution in [0.15, 0.2) is 96.1 Å². The molecule has 0 spiro atoms. The summed E-state index contributed by atoms with van der Waals surface area (Å²) >= 11 is 0. The molecule has 2 aromatic heterocycles. The number of aryl methyl sites for hydroxylation is 1. The maximum atomic E-state index is 13.6. The molecular formula is C44H54N8O7. The lowest BCUT2D eigenvalue weighted by molar-refractivity contribution is -0.136. The second-order valence-corrected chi connectivity index (χ2v) is 15.0. The van der Waals surface area contributed by atoms with Crippen molar-refractivity contribution >= 4 is 28.8 Å². The van der Waals surface area contributed by atoms with Crippen LogP contribution in [0.5, 0.6) is 0 Å². The quantitative estimate of drug-likeness (QED) is 0.0855. The summed E-state index contributed by atoms with van der Waals surface area (Å²) < 4.78 is 14.0. The van der Waals surface area contributed by atoms with E-state index in [-0.39, 0.29) is 47.8 Å². The van der Waals surface area contributed by atoms with Crippen LogP contribution in [0.3, 0.4) is 0 Å². The molecule has 1 atom stereocenters. The molecule has 0 radical (unpaired) electrons. The van der Waals surface area contributed by atoms with Crippen molar-refractivity contribution < 1.29 is 29.0 Å². The van der Waals surface area contributed by atoms with Gasteiger partial charge in [0.15, 0.2) is 5.52 Å². The summed E-state index contributed by atoms with van der Waals surface area (Å²) in [5.74, 6) is -0.123. The van der Waals surface area contributed by atoms with Crippen LogP contribution >= 0.6 is 0 Å². The molecule has 0 saturated carbocycles. The molecule has 6 rings (SSSR count). The minimum atomic E-state index is -1.15. The number of fused-ring (bicyclic) bond motifs is 1. The maximum absolute atomic E-state index is 13.6. The van der Waals surface area contributed by atoms with Gasteiger partial charge in [0.05, 0.1) is 57.1 Å². The zero-order valence-electron chi connectivity index (χ0n) is 33.8. The van der Waals surface area contributed by atoms with Gasteiger partial charge in [-0.25, -0.2) is 4.98 Å². The summed E-state index contributed by atoms with van der Waals surface area (Å²) in [5.41, 5.74) is 3.42. The van der Waals surface area contributed by atoms with Crippen molar-refractivity contribution in [3.8, 4) is 11.3 Å². The number of aromatic nitrogens is 4. The van der Waals surface area contributed by atoms with Gasteiger partial charge in [0.2, 0.25) is 11.8 Å². The third kappa shape index (κ3) is 11.9. The van der Waals surface area contributed by atoms with Gasteiger partial charge in [0, 0.05) is 57.3 Å². The number of carbonyl (C=O) groups is 3. The van der Waals surface area contributed by atoms with E-state index in [2.05, 4.69) is 26.0 Å². The highest BCUT2D eigenvalue weighted by Crippen LogP contribution is 2.28. The number of carbonyl (C=O) groups excluding carboxylic acids is 3. The summed E-state index contributed by atoms with van der Waals surface area (Å²) in [6.45, 7) is 5.83. The van der Waals surface area contributed by atoms with Crippen LogP contribution < -0.4 is 21.5 Å². The van der Waals surface area contributed by atoms with Crippen molar-refractivity contribution in [3.63, 3.8) is 0 Å². The summed E-state index contributed by atoms with van der Waals surface area (Å²) in [4.78, 5) is 57.4. The molecule has 3 amide bonds. The Balaban J connectivity index is 0.887. The Bertz CT molecular complexity index is 2200. The third-order valence-corrected chi connectivity index (χ3v) is 10.5. The summed E-state index contributed by atoms with van der Waals surface area (Å²) in [7, 11) is 1.77. The van der Waals surface area contributed by atoms with Gasteiger partial charge < -0.3 is 35.4 Å². The van der Waals surface area contributed by atoms with Crippen molar-refractivity contribution in [2.75, 3.05) is 59.2 Å². The Morgan fingerprint density at radius 3 is 2.17 bits per heavy atom. The minimum absolute atomic E-state index is 0.0618. The predicted molar refractivity (Wildman–Crippen MR) is 224 cm³/mol. The standard InChI is InChI=1S/C44H54N8O7/c1-32(34-9-5-3-6-10-34)27-38(54)51-21-17-44(57,18-22-51)30-52-31-48-39-40(43(52)56)49-50(2)41(39)35-15-13-33(14-16-35)28-45-29-37(53)46-19-23-58-25-26-59-24-20-47-42(55)36-11-7-4-8-12-36/h3-16,31-32,45,57H,17-30H2,1-2H3,(H,46,53)(H,47,55). The van der Waals surface area contributed by atoms with E-state index in [1.807, 2.05) is 79.7 Å². The van der Waals surface area contributed by atoms with E-state index < -0.39 is 5.60 Å². The largest absolute Gasteiger partial charge is 0.388 e. The molecule has 1 aliphatic heterocycles. The van der Waals surface area contributed by atoms with Crippen LogP contribution in [0.4, 0.5) is 0 Å². The number of aliphatic hydroxyl groups is 1. The fourth-order valence-electron chi connectivity index (χ4n) is 7.15. The highest BCUT2D eigenvalue weighted by molar-refractivity contribution is 5.94. The van der Waals surface area contributed by atoms with E-state index in [0.717, 1.165) is 16.7 Å². The summed E-state index contributed by atoms with van der Waals surface area (Å²) in [6, 6.07) is 26.7. The molecule has 5 aromatic rings. The van der Waals surface area contributed by atoms with Gasteiger partial charge in [-0.05, 0) is 42.0 Å². The number of nitrogens with one attached hydrogen (secondary N) is 3. The minimum Gasteiger partial charge on any atom is -0.388 e. The second kappa shape index (κ2) is 20.8. The highest BCUT2D eigenvalue weighted by Gasteiger charge is 2.35. The molecule has 59 heavy (non-hydrogen) atoms. The Labute approximate surface area is 343 Å². The van der Waals surface area contributed by atoms with Gasteiger partial charge in [0.1, 0.15) is 5.52 Å². The van der Waals surface area contributed by atoms with Gasteiger partial charge in [-0.3, -0.25) is 28.4 Å². The molecule has 1 fully saturated rings. The first-order valence-corrected chi connectivity index (χ1v) is 20.1. The number of hydrogen-bond acceptors (Lipinski definition) is 10. The normalized spacial score (nSPS) is 14.3. The number of amides is 3. The lowest BCUT2D eigenvalue weighted by Crippen LogP contribution is -2.49. The van der Waals surface area contributed by atoms with Crippen molar-refractivity contribution in [1.29, 1.82) is 0 Å². The summed E-state index contributed by atoms with van der Waals surface area (Å²) in [5, 5.41) is 24.8. The van der Waals surface area contributed by atoms with Crippen molar-refractivity contribution in [2.24, 2.45) is 7.05 Å². The predicted octanol–water partition coefficient (Wildman–Crippen LogP) is 3.01. The molecule has 0 bridgehead atoms. The van der Waals surface area contributed by atoms with Gasteiger partial charge in [-0.1, -0.05) is 79.7 Å². The van der Waals surface area contributed by atoms with E-state index in [1.54, 1.807) is 28.8 Å². The first kappa shape index (κ1) is 42.9. The lowest BCUT2D eigenvalue weighted by Gasteiger charge is -2.38. The molecule has 15 heteroatoms. The van der Waals surface area contributed by atoms with E-state index >= 15 is 0 Å². The number of ether oxygens (including phenoxy) is 2. The molecule has 1 unspecified atom stereocenters. The van der Waals surface area contributed by atoms with Crippen molar-refractivity contribution in [2.45, 2.75) is 50.8 Å². The molecule has 15 nitrogen and oxygen atoms in total. The molecule has 0 aliphatic carbocycles. The zero-order valence-corrected chi connectivity index (χ0v) is 33.8. The maximum Gasteiger partial charge on any atom is 0.281 e. The van der Waals surface area contributed by atoms with E-state index in [0.29, 0.717) is 95.2 Å². The van der Waals surface area contributed by atoms with Crippen LogP contribution in [-0.2, 0) is 39.2 Å². The van der Waals surface area contributed by atoms with Gasteiger partial charge >= 0.3 is 0 Å². The first-order chi connectivity index (χ1) is 28.6. The smallest absolute Gasteiger partial charge is 0.281 e. The van der Waals surface area contributed by atoms with E-state index in [9.17, 15) is 24.3 Å². The van der Waals surface area contributed by atoms with E-state index in [1.165, 1.54) is 10.9 Å². The average Bonchev–Trinajstić information content (AvgIpc) is 3.59. The highest BCUT2D eigenvalue weighted by atomic mass is 16.5. The first-order valence-electron chi connectivity index (χ1n) is 20.1. The number of nitrogens with zero attached hydrogens (tertiary/aromatic N) is 5. The Kier molecular flexibility index (Phi) is 15.1. The Morgan fingerprint density at radius 2 is 1.49 bits per heavy atom. The molecular weight excluding hydrogens is 753 g/mol.